The number of aryl methyl sites for hydroxylation is 1. The predicted molar refractivity (Wildman–Crippen MR) is 102 cm³/mol. The first-order valence-corrected chi connectivity index (χ1v) is 9.94. The molecule has 7 heteroatoms. The second-order valence-electron chi connectivity index (χ2n) is 5.46. The van der Waals surface area contributed by atoms with Crippen LogP contribution in [0.15, 0.2) is 30.3 Å². The molecule has 1 aromatic heterocycles. The van der Waals surface area contributed by atoms with E-state index in [1.165, 1.54) is 11.3 Å². The van der Waals surface area contributed by atoms with Gasteiger partial charge in [0, 0.05) is 24.6 Å². The molecule has 0 saturated carbocycles. The Bertz CT molecular complexity index is 770. The highest BCUT2D eigenvalue weighted by molar-refractivity contribution is 7.99. The van der Waals surface area contributed by atoms with Crippen LogP contribution in [0.1, 0.15) is 25.6 Å². The number of thioether (sulfide) groups is 1. The van der Waals surface area contributed by atoms with E-state index in [1.807, 2.05) is 29.7 Å². The van der Waals surface area contributed by atoms with Crippen molar-refractivity contribution in [1.29, 1.82) is 0 Å². The van der Waals surface area contributed by atoms with E-state index in [1.54, 1.807) is 24.3 Å². The van der Waals surface area contributed by atoms with Crippen molar-refractivity contribution in [3.63, 3.8) is 0 Å². The highest BCUT2D eigenvalue weighted by Gasteiger charge is 2.22. The number of rotatable bonds is 3. The van der Waals surface area contributed by atoms with Gasteiger partial charge in [0.15, 0.2) is 0 Å². The van der Waals surface area contributed by atoms with E-state index in [0.717, 1.165) is 30.2 Å². The number of carbonyl (C=O) groups excluding carboxylic acids is 2. The summed E-state index contributed by atoms with van der Waals surface area (Å²) in [6.07, 6.45) is 0. The van der Waals surface area contributed by atoms with Crippen LogP contribution in [-0.4, -0.2) is 41.3 Å². The number of amides is 2. The van der Waals surface area contributed by atoms with Gasteiger partial charge >= 0.3 is 0 Å². The molecule has 4 nitrogen and oxygen atoms in total. The maximum Gasteiger partial charge on any atom is 0.264 e. The molecule has 2 heterocycles. The molecule has 1 aliphatic rings. The number of carbonyl (C=O) groups is 2. The van der Waals surface area contributed by atoms with Crippen molar-refractivity contribution in [3.8, 4) is 0 Å². The molecule has 2 aromatic rings. The zero-order chi connectivity index (χ0) is 17.1. The molecule has 1 N–H and O–H groups in total. The first kappa shape index (κ1) is 17.3. The summed E-state index contributed by atoms with van der Waals surface area (Å²) in [6.45, 7) is 3.46. The average Bonchev–Trinajstić information content (AvgIpc) is 2.95. The van der Waals surface area contributed by atoms with Crippen LogP contribution in [0.3, 0.4) is 0 Å². The van der Waals surface area contributed by atoms with E-state index in [9.17, 15) is 9.59 Å². The van der Waals surface area contributed by atoms with E-state index < -0.39 is 0 Å². The average molecular weight is 381 g/mol. The molecule has 0 radical (unpaired) electrons. The lowest BCUT2D eigenvalue weighted by Gasteiger charge is -2.26. The largest absolute Gasteiger partial charge is 0.336 e. The number of anilines is 1. The minimum atomic E-state index is -0.268. The maximum absolute atomic E-state index is 12.6. The van der Waals surface area contributed by atoms with E-state index in [-0.39, 0.29) is 11.8 Å². The van der Waals surface area contributed by atoms with Crippen LogP contribution >= 0.6 is 34.7 Å². The van der Waals surface area contributed by atoms with Gasteiger partial charge in [-0.2, -0.15) is 11.8 Å². The molecule has 0 atom stereocenters. The normalized spacial score (nSPS) is 14.5. The Balaban J connectivity index is 1.75. The monoisotopic (exact) mass is 380 g/mol. The van der Waals surface area contributed by atoms with Gasteiger partial charge in [0.2, 0.25) is 0 Å². The minimum Gasteiger partial charge on any atom is -0.336 e. The van der Waals surface area contributed by atoms with Gasteiger partial charge in [0.05, 0.1) is 20.5 Å². The van der Waals surface area contributed by atoms with Gasteiger partial charge in [-0.3, -0.25) is 9.59 Å². The lowest BCUT2D eigenvalue weighted by molar-refractivity contribution is 0.0776. The summed E-state index contributed by atoms with van der Waals surface area (Å²) >= 11 is 9.24. The first-order valence-electron chi connectivity index (χ1n) is 7.59. The Morgan fingerprint density at radius 3 is 2.62 bits per heavy atom. The molecule has 1 aromatic carbocycles. The summed E-state index contributed by atoms with van der Waals surface area (Å²) in [4.78, 5) is 27.6. The van der Waals surface area contributed by atoms with Crippen LogP contribution in [0.5, 0.6) is 0 Å². The van der Waals surface area contributed by atoms with Crippen molar-refractivity contribution in [2.45, 2.75) is 6.92 Å². The number of benzene rings is 1. The maximum atomic E-state index is 12.6. The number of hydrogen-bond donors (Lipinski definition) is 1. The molecule has 0 aliphatic carbocycles. The van der Waals surface area contributed by atoms with Gasteiger partial charge < -0.3 is 10.2 Å². The number of hydrogen-bond acceptors (Lipinski definition) is 4. The fourth-order valence-corrected chi connectivity index (χ4v) is 4.65. The highest BCUT2D eigenvalue weighted by Crippen LogP contribution is 2.29. The molecular weight excluding hydrogens is 364 g/mol. The third kappa shape index (κ3) is 3.77. The molecule has 1 fully saturated rings. The summed E-state index contributed by atoms with van der Waals surface area (Å²) < 4.78 is 0. The van der Waals surface area contributed by atoms with Gasteiger partial charge in [-0.1, -0.05) is 23.7 Å². The third-order valence-electron chi connectivity index (χ3n) is 3.77. The first-order chi connectivity index (χ1) is 11.6. The quantitative estimate of drug-likeness (QED) is 0.870. The Kier molecular flexibility index (Phi) is 5.48. The third-order valence-corrected chi connectivity index (χ3v) is 6.18. The smallest absolute Gasteiger partial charge is 0.264 e. The van der Waals surface area contributed by atoms with Crippen molar-refractivity contribution in [2.75, 3.05) is 29.9 Å². The molecule has 24 heavy (non-hydrogen) atoms. The molecule has 126 valence electrons. The molecule has 0 unspecified atom stereocenters. The van der Waals surface area contributed by atoms with Gasteiger partial charge in [-0.25, -0.2) is 0 Å². The number of nitrogens with zero attached hydrogens (tertiary/aromatic N) is 1. The molecule has 0 spiro atoms. The zero-order valence-electron chi connectivity index (χ0n) is 13.2. The van der Waals surface area contributed by atoms with Crippen molar-refractivity contribution in [3.05, 3.63) is 51.4 Å². The van der Waals surface area contributed by atoms with Crippen LogP contribution in [0.4, 0.5) is 5.00 Å². The van der Waals surface area contributed by atoms with E-state index in [2.05, 4.69) is 5.32 Å². The second-order valence-corrected chi connectivity index (χ2v) is 8.15. The van der Waals surface area contributed by atoms with Crippen LogP contribution in [0.25, 0.3) is 0 Å². The molecule has 2 amide bonds. The van der Waals surface area contributed by atoms with E-state index >= 15 is 0 Å². The van der Waals surface area contributed by atoms with Gasteiger partial charge in [-0.15, -0.1) is 11.3 Å². The Morgan fingerprint density at radius 2 is 1.92 bits per heavy atom. The van der Waals surface area contributed by atoms with Gasteiger partial charge in [-0.05, 0) is 30.7 Å². The minimum absolute atomic E-state index is 0.0519. The SMILES string of the molecule is Cc1cc(NC(=O)c2ccccc2Cl)sc1C(=O)N1CCSCC1. The topological polar surface area (TPSA) is 49.4 Å². The zero-order valence-corrected chi connectivity index (χ0v) is 15.6. The van der Waals surface area contributed by atoms with Gasteiger partial charge in [0.25, 0.3) is 11.8 Å². The van der Waals surface area contributed by atoms with Crippen LogP contribution in [0, 0.1) is 6.92 Å². The standard InChI is InChI=1S/C17H17ClN2O2S2/c1-11-10-14(19-16(21)12-4-2-3-5-13(12)18)24-15(11)17(22)20-6-8-23-9-7-20/h2-5,10H,6-9H2,1H3,(H,19,21). The lowest BCUT2D eigenvalue weighted by Crippen LogP contribution is -2.37. The van der Waals surface area contributed by atoms with Crippen molar-refractivity contribution in [1.82, 2.24) is 4.90 Å². The van der Waals surface area contributed by atoms with E-state index in [4.69, 9.17) is 11.6 Å². The number of thiophene rings is 1. The van der Waals surface area contributed by atoms with Gasteiger partial charge in [0.1, 0.15) is 0 Å². The van der Waals surface area contributed by atoms with E-state index in [0.29, 0.717) is 20.5 Å². The number of nitrogens with one attached hydrogen (secondary N) is 1. The molecular formula is C17H17ClN2O2S2. The van der Waals surface area contributed by atoms with Crippen LogP contribution in [0.2, 0.25) is 5.02 Å². The van der Waals surface area contributed by atoms with Crippen molar-refractivity contribution >= 4 is 51.5 Å². The fourth-order valence-electron chi connectivity index (χ4n) is 2.49. The predicted octanol–water partition coefficient (Wildman–Crippen LogP) is 4.15. The Morgan fingerprint density at radius 1 is 1.21 bits per heavy atom. The lowest BCUT2D eigenvalue weighted by atomic mass is 10.2. The Labute approximate surface area is 154 Å². The molecule has 1 saturated heterocycles. The summed E-state index contributed by atoms with van der Waals surface area (Å²) in [5, 5.41) is 3.91. The fraction of sp³-hybridized carbons (Fsp3) is 0.294. The molecule has 1 aliphatic heterocycles. The van der Waals surface area contributed by atoms with Crippen LogP contribution in [-0.2, 0) is 0 Å². The molecule has 3 rings (SSSR count). The highest BCUT2D eigenvalue weighted by atomic mass is 35.5. The summed E-state index contributed by atoms with van der Waals surface area (Å²) in [7, 11) is 0. The Hall–Kier alpha value is -1.50. The number of halogens is 1. The summed E-state index contributed by atoms with van der Waals surface area (Å²) in [6, 6.07) is 8.74. The molecule has 0 bridgehead atoms. The van der Waals surface area contributed by atoms with Crippen LogP contribution < -0.4 is 5.32 Å². The van der Waals surface area contributed by atoms with Crippen molar-refractivity contribution < 1.29 is 9.59 Å². The summed E-state index contributed by atoms with van der Waals surface area (Å²) in [5.74, 6) is 1.74. The second kappa shape index (κ2) is 7.59. The summed E-state index contributed by atoms with van der Waals surface area (Å²) in [5.41, 5.74) is 1.31. The van der Waals surface area contributed by atoms with Crippen molar-refractivity contribution in [2.24, 2.45) is 0 Å².